The molecule has 2 aromatic rings. The molecule has 0 aromatic heterocycles. The zero-order chi connectivity index (χ0) is 21.0. The summed E-state index contributed by atoms with van der Waals surface area (Å²) in [4.78, 5) is 0. The van der Waals surface area contributed by atoms with E-state index >= 15 is 0 Å². The van der Waals surface area contributed by atoms with Gasteiger partial charge in [-0.05, 0) is 23.1 Å². The van der Waals surface area contributed by atoms with E-state index in [-0.39, 0.29) is 5.88 Å². The van der Waals surface area contributed by atoms with Gasteiger partial charge in [-0.25, -0.2) is 0 Å². The van der Waals surface area contributed by atoms with Crippen molar-refractivity contribution in [1.29, 1.82) is 0 Å². The van der Waals surface area contributed by atoms with Crippen LogP contribution in [0.2, 0.25) is 0 Å². The van der Waals surface area contributed by atoms with E-state index in [0.717, 1.165) is 23.1 Å². The molecule has 0 radical (unpaired) electrons. The largest absolute Gasteiger partial charge is 0.483 e. The van der Waals surface area contributed by atoms with Crippen LogP contribution in [-0.2, 0) is 27.4 Å². The molecule has 5 nitrogen and oxygen atoms in total. The van der Waals surface area contributed by atoms with Gasteiger partial charge in [-0.3, -0.25) is 0 Å². The van der Waals surface area contributed by atoms with E-state index in [4.69, 9.17) is 25.7 Å². The van der Waals surface area contributed by atoms with Crippen LogP contribution < -0.4 is 11.5 Å². The van der Waals surface area contributed by atoms with Crippen molar-refractivity contribution in [3.8, 4) is 11.8 Å². The predicted molar refractivity (Wildman–Crippen MR) is 117 cm³/mol. The lowest BCUT2D eigenvalue weighted by molar-refractivity contribution is 0.144. The second-order valence-electron chi connectivity index (χ2n) is 6.68. The number of nitrogens with two attached hydrogens (primary N) is 2. The van der Waals surface area contributed by atoms with E-state index in [9.17, 15) is 0 Å². The van der Waals surface area contributed by atoms with Gasteiger partial charge in [0.05, 0.1) is 18.9 Å². The molecule has 154 valence electrons. The van der Waals surface area contributed by atoms with Crippen molar-refractivity contribution in [2.45, 2.75) is 19.6 Å². The van der Waals surface area contributed by atoms with Crippen LogP contribution in [0.3, 0.4) is 0 Å². The fraction of sp³-hybridized carbons (Fsp3) is 0.200. The van der Waals surface area contributed by atoms with Crippen LogP contribution in [0.25, 0.3) is 0 Å². The molecule has 1 aliphatic rings. The molecule has 0 saturated carbocycles. The molecular formula is C25H26N2O3. The molecule has 3 rings (SSSR count). The molecule has 2 aromatic carbocycles. The van der Waals surface area contributed by atoms with Gasteiger partial charge >= 0.3 is 0 Å². The van der Waals surface area contributed by atoms with E-state index in [0.29, 0.717) is 37.9 Å². The van der Waals surface area contributed by atoms with Gasteiger partial charge in [-0.1, -0.05) is 66.6 Å². The summed E-state index contributed by atoms with van der Waals surface area (Å²) in [5.74, 6) is 6.53. The molecule has 1 aliphatic heterocycles. The van der Waals surface area contributed by atoms with Gasteiger partial charge < -0.3 is 25.7 Å². The normalized spacial score (nSPS) is 14.7. The first-order chi connectivity index (χ1) is 14.7. The van der Waals surface area contributed by atoms with Crippen molar-refractivity contribution in [1.82, 2.24) is 0 Å². The second-order valence-corrected chi connectivity index (χ2v) is 6.68. The molecule has 0 spiro atoms. The lowest BCUT2D eigenvalue weighted by atomic mass is 10.1. The first-order valence-corrected chi connectivity index (χ1v) is 9.80. The Labute approximate surface area is 177 Å². The second kappa shape index (κ2) is 11.4. The smallest absolute Gasteiger partial charge is 0.228 e. The highest BCUT2D eigenvalue weighted by Gasteiger charge is 2.07. The van der Waals surface area contributed by atoms with Crippen molar-refractivity contribution < 1.29 is 14.2 Å². The SMILES string of the molecule is N/C(C#CC1=CCOCC1)=C\C(OCc1ccccc1)=C(/N)OCc1ccccc1. The highest BCUT2D eigenvalue weighted by atomic mass is 16.5. The molecule has 0 bridgehead atoms. The van der Waals surface area contributed by atoms with Crippen LogP contribution >= 0.6 is 0 Å². The Morgan fingerprint density at radius 3 is 2.17 bits per heavy atom. The summed E-state index contributed by atoms with van der Waals surface area (Å²) < 4.78 is 16.9. The van der Waals surface area contributed by atoms with Crippen LogP contribution in [0.4, 0.5) is 0 Å². The third-order valence-electron chi connectivity index (χ3n) is 4.33. The molecule has 0 saturated heterocycles. The highest BCUT2D eigenvalue weighted by molar-refractivity contribution is 5.39. The lowest BCUT2D eigenvalue weighted by Gasteiger charge is -2.12. The molecular weight excluding hydrogens is 376 g/mol. The predicted octanol–water partition coefficient (Wildman–Crippen LogP) is 3.74. The van der Waals surface area contributed by atoms with Gasteiger partial charge in [0, 0.05) is 18.1 Å². The average Bonchev–Trinajstić information content (AvgIpc) is 2.81. The van der Waals surface area contributed by atoms with Crippen LogP contribution in [0.15, 0.2) is 95.7 Å². The number of hydrogen-bond acceptors (Lipinski definition) is 5. The Morgan fingerprint density at radius 1 is 0.933 bits per heavy atom. The van der Waals surface area contributed by atoms with Crippen molar-refractivity contribution in [2.24, 2.45) is 11.5 Å². The molecule has 0 amide bonds. The topological polar surface area (TPSA) is 79.7 Å². The van der Waals surface area contributed by atoms with E-state index in [1.54, 1.807) is 6.08 Å². The van der Waals surface area contributed by atoms with E-state index in [1.165, 1.54) is 0 Å². The Hall–Kier alpha value is -3.62. The molecule has 0 unspecified atom stereocenters. The maximum atomic E-state index is 6.17. The molecule has 0 aliphatic carbocycles. The molecule has 0 atom stereocenters. The number of benzene rings is 2. The standard InChI is InChI=1S/C25H26N2O3/c26-23(12-11-20-13-15-28-16-14-20)17-24(29-18-21-7-3-1-4-8-21)25(27)30-19-22-9-5-2-6-10-22/h1-10,13,17H,14-16,18-19,26-27H2/b23-17-,25-24-. The van der Waals surface area contributed by atoms with Gasteiger partial charge in [0.15, 0.2) is 5.76 Å². The van der Waals surface area contributed by atoms with E-state index < -0.39 is 0 Å². The van der Waals surface area contributed by atoms with Gasteiger partial charge in [0.2, 0.25) is 5.88 Å². The number of allylic oxidation sites excluding steroid dienone is 2. The fourth-order valence-electron chi connectivity index (χ4n) is 2.70. The van der Waals surface area contributed by atoms with Crippen LogP contribution in [-0.4, -0.2) is 13.2 Å². The van der Waals surface area contributed by atoms with Crippen LogP contribution in [0.5, 0.6) is 0 Å². The summed E-state index contributed by atoms with van der Waals surface area (Å²) in [5, 5.41) is 0. The number of ether oxygens (including phenoxy) is 3. The Bertz CT molecular complexity index is 968. The minimum absolute atomic E-state index is 0.157. The highest BCUT2D eigenvalue weighted by Crippen LogP contribution is 2.13. The summed E-state index contributed by atoms with van der Waals surface area (Å²) in [6.45, 7) is 1.93. The zero-order valence-corrected chi connectivity index (χ0v) is 16.8. The average molecular weight is 402 g/mol. The molecule has 5 heteroatoms. The maximum absolute atomic E-state index is 6.17. The Kier molecular flexibility index (Phi) is 8.02. The minimum atomic E-state index is 0.157. The van der Waals surface area contributed by atoms with Crippen molar-refractivity contribution in [3.63, 3.8) is 0 Å². The third-order valence-corrected chi connectivity index (χ3v) is 4.33. The summed E-state index contributed by atoms with van der Waals surface area (Å²) >= 11 is 0. The van der Waals surface area contributed by atoms with Crippen LogP contribution in [0, 0.1) is 11.8 Å². The molecule has 30 heavy (non-hydrogen) atoms. The monoisotopic (exact) mass is 402 g/mol. The van der Waals surface area contributed by atoms with Crippen molar-refractivity contribution in [3.05, 3.63) is 107 Å². The lowest BCUT2D eigenvalue weighted by Crippen LogP contribution is -2.10. The maximum Gasteiger partial charge on any atom is 0.228 e. The minimum Gasteiger partial charge on any atom is -0.483 e. The summed E-state index contributed by atoms with van der Waals surface area (Å²) in [6.07, 6.45) is 4.36. The van der Waals surface area contributed by atoms with Gasteiger partial charge in [-0.15, -0.1) is 0 Å². The summed E-state index contributed by atoms with van der Waals surface area (Å²) in [7, 11) is 0. The summed E-state index contributed by atoms with van der Waals surface area (Å²) in [6, 6.07) is 19.6. The van der Waals surface area contributed by atoms with Gasteiger partial charge in [0.25, 0.3) is 0 Å². The fourth-order valence-corrected chi connectivity index (χ4v) is 2.70. The van der Waals surface area contributed by atoms with Gasteiger partial charge in [-0.2, -0.15) is 0 Å². The Balaban J connectivity index is 1.74. The van der Waals surface area contributed by atoms with Crippen molar-refractivity contribution >= 4 is 0 Å². The van der Waals surface area contributed by atoms with E-state index in [1.807, 2.05) is 66.7 Å². The molecule has 0 fully saturated rings. The van der Waals surface area contributed by atoms with Crippen molar-refractivity contribution in [2.75, 3.05) is 13.2 Å². The quantitative estimate of drug-likeness (QED) is 0.419. The number of hydrogen-bond donors (Lipinski definition) is 2. The zero-order valence-electron chi connectivity index (χ0n) is 16.8. The van der Waals surface area contributed by atoms with Gasteiger partial charge in [0.1, 0.15) is 13.2 Å². The third kappa shape index (κ3) is 7.08. The number of rotatable bonds is 7. The molecule has 4 N–H and O–H groups in total. The van der Waals surface area contributed by atoms with Crippen LogP contribution in [0.1, 0.15) is 17.5 Å². The Morgan fingerprint density at radius 2 is 1.57 bits per heavy atom. The van der Waals surface area contributed by atoms with E-state index in [2.05, 4.69) is 11.8 Å². The first kappa shape index (κ1) is 21.1. The first-order valence-electron chi connectivity index (χ1n) is 9.80. The summed E-state index contributed by atoms with van der Waals surface area (Å²) in [5.41, 5.74) is 15.7. The molecule has 1 heterocycles.